The smallest absolute Gasteiger partial charge is 0.399 e. The number of fused-ring (bicyclic) bond motifs is 1. The normalized spacial score (nSPS) is 17.8. The molecule has 0 aliphatic carbocycles. The van der Waals surface area contributed by atoms with Crippen molar-refractivity contribution in [1.82, 2.24) is 15.1 Å². The summed E-state index contributed by atoms with van der Waals surface area (Å²) in [5.41, 5.74) is 4.55. The summed E-state index contributed by atoms with van der Waals surface area (Å²) in [5.74, 6) is -1.37. The van der Waals surface area contributed by atoms with Gasteiger partial charge in [-0.1, -0.05) is 6.07 Å². The molecule has 1 aliphatic heterocycles. The van der Waals surface area contributed by atoms with Crippen LogP contribution in [0.5, 0.6) is 0 Å². The Morgan fingerprint density at radius 3 is 2.55 bits per heavy atom. The zero-order chi connectivity index (χ0) is 24.0. The molecule has 0 amide bonds. The lowest BCUT2D eigenvalue weighted by Gasteiger charge is -2.37. The number of benzene rings is 2. The maximum absolute atomic E-state index is 14.7. The molecule has 176 valence electrons. The van der Waals surface area contributed by atoms with E-state index in [0.29, 0.717) is 35.5 Å². The Hall–Kier alpha value is -2.98. The molecule has 1 aliphatic rings. The number of aliphatic hydroxyl groups is 1. The molecule has 1 aromatic heterocycles. The summed E-state index contributed by atoms with van der Waals surface area (Å²) in [5, 5.41) is 22.9. The predicted molar refractivity (Wildman–Crippen MR) is 118 cm³/mol. The summed E-state index contributed by atoms with van der Waals surface area (Å²) < 4.78 is 54.4. The maximum atomic E-state index is 14.7. The first-order valence-corrected chi connectivity index (χ1v) is 10.6. The van der Waals surface area contributed by atoms with Crippen LogP contribution in [-0.2, 0) is 11.8 Å². The first-order valence-electron chi connectivity index (χ1n) is 10.6. The minimum atomic E-state index is -4.86. The molecule has 6 nitrogen and oxygen atoms in total. The fourth-order valence-corrected chi connectivity index (χ4v) is 4.24. The second-order valence-corrected chi connectivity index (χ2v) is 8.66. The fourth-order valence-electron chi connectivity index (χ4n) is 4.24. The Morgan fingerprint density at radius 2 is 1.88 bits per heavy atom. The third-order valence-corrected chi connectivity index (χ3v) is 6.26. The average Bonchev–Trinajstić information content (AvgIpc) is 2.76. The number of halogens is 4. The number of likely N-dealkylation sites (tertiary alicyclic amines) is 1. The lowest BCUT2D eigenvalue weighted by atomic mass is 9.84. The van der Waals surface area contributed by atoms with Gasteiger partial charge in [-0.2, -0.15) is 23.4 Å². The standard InChI is InChI=1S/C23H25F4N5O/c1-13(16-10-15(28)11-18(21(16)24)23(25,26)27)30-20-12-29-31-19-4-3-14(9-17(19)20)22(33)5-7-32(2)8-6-22/h3-4,9-13,33H,5-8,28H2,1-2H3,(H,30,31)/t13-/m1/s1. The van der Waals surface area contributed by atoms with Gasteiger partial charge in [0.15, 0.2) is 0 Å². The van der Waals surface area contributed by atoms with E-state index in [-0.39, 0.29) is 11.3 Å². The number of aromatic nitrogens is 2. The van der Waals surface area contributed by atoms with E-state index in [1.165, 1.54) is 12.3 Å². The molecule has 10 heteroatoms. The van der Waals surface area contributed by atoms with Crippen molar-refractivity contribution in [3.63, 3.8) is 0 Å². The van der Waals surface area contributed by atoms with E-state index in [0.717, 1.165) is 18.7 Å². The number of piperidine rings is 1. The largest absolute Gasteiger partial charge is 0.419 e. The lowest BCUT2D eigenvalue weighted by Crippen LogP contribution is -2.40. The van der Waals surface area contributed by atoms with Crippen molar-refractivity contribution in [2.75, 3.05) is 31.2 Å². The third kappa shape index (κ3) is 4.58. The monoisotopic (exact) mass is 463 g/mol. The SMILES string of the molecule is C[C@@H](Nc1cnnc2ccc(C3(O)CCN(C)CC3)cc12)c1cc(N)cc(C(F)(F)F)c1F. The van der Waals surface area contributed by atoms with Crippen molar-refractivity contribution < 1.29 is 22.7 Å². The Morgan fingerprint density at radius 1 is 1.18 bits per heavy atom. The minimum Gasteiger partial charge on any atom is -0.399 e. The molecule has 4 N–H and O–H groups in total. The van der Waals surface area contributed by atoms with Gasteiger partial charge >= 0.3 is 6.18 Å². The second kappa shape index (κ2) is 8.42. The van der Waals surface area contributed by atoms with Crippen LogP contribution in [0.1, 0.15) is 42.5 Å². The average molecular weight is 463 g/mol. The molecular formula is C23H25F4N5O. The molecule has 1 saturated heterocycles. The van der Waals surface area contributed by atoms with Gasteiger partial charge in [-0.05, 0) is 56.6 Å². The lowest BCUT2D eigenvalue weighted by molar-refractivity contribution is -0.140. The first-order chi connectivity index (χ1) is 15.5. The van der Waals surface area contributed by atoms with Crippen molar-refractivity contribution in [2.24, 2.45) is 0 Å². The number of nitrogens with zero attached hydrogens (tertiary/aromatic N) is 3. The summed E-state index contributed by atoms with van der Waals surface area (Å²) >= 11 is 0. The first kappa shape index (κ1) is 23.2. The quantitative estimate of drug-likeness (QED) is 0.391. The molecule has 0 spiro atoms. The number of nitrogens with one attached hydrogen (secondary N) is 1. The summed E-state index contributed by atoms with van der Waals surface area (Å²) in [6.45, 7) is 3.04. The van der Waals surface area contributed by atoms with E-state index in [1.54, 1.807) is 19.1 Å². The number of alkyl halides is 3. The molecule has 0 unspecified atom stereocenters. The van der Waals surface area contributed by atoms with Gasteiger partial charge in [-0.15, -0.1) is 0 Å². The highest BCUT2D eigenvalue weighted by atomic mass is 19.4. The summed E-state index contributed by atoms with van der Waals surface area (Å²) in [6, 6.07) is 6.28. The number of nitrogen functional groups attached to an aromatic ring is 1. The van der Waals surface area contributed by atoms with E-state index in [9.17, 15) is 22.7 Å². The Bertz CT molecular complexity index is 1180. The molecular weight excluding hydrogens is 438 g/mol. The van der Waals surface area contributed by atoms with Crippen LogP contribution in [-0.4, -0.2) is 40.3 Å². The van der Waals surface area contributed by atoms with Crippen LogP contribution < -0.4 is 11.1 Å². The zero-order valence-electron chi connectivity index (χ0n) is 18.2. The molecule has 0 radical (unpaired) electrons. The fraction of sp³-hybridized carbons (Fsp3) is 0.391. The summed E-state index contributed by atoms with van der Waals surface area (Å²) in [6.07, 6.45) is -2.30. The Labute approximate surface area is 188 Å². The van der Waals surface area contributed by atoms with E-state index in [2.05, 4.69) is 20.4 Å². The highest BCUT2D eigenvalue weighted by Crippen LogP contribution is 2.38. The summed E-state index contributed by atoms with van der Waals surface area (Å²) in [4.78, 5) is 2.14. The van der Waals surface area contributed by atoms with Crippen LogP contribution in [0.4, 0.5) is 28.9 Å². The molecule has 0 bridgehead atoms. The number of hydrogen-bond donors (Lipinski definition) is 3. The molecule has 1 fully saturated rings. The minimum absolute atomic E-state index is 0.183. The number of rotatable bonds is 4. The van der Waals surface area contributed by atoms with Crippen LogP contribution in [0, 0.1) is 5.82 Å². The van der Waals surface area contributed by atoms with Gasteiger partial charge in [0.25, 0.3) is 0 Å². The van der Waals surface area contributed by atoms with Gasteiger partial charge in [-0.3, -0.25) is 0 Å². The van der Waals surface area contributed by atoms with Crippen LogP contribution in [0.2, 0.25) is 0 Å². The van der Waals surface area contributed by atoms with Gasteiger partial charge < -0.3 is 21.1 Å². The van der Waals surface area contributed by atoms with Crippen LogP contribution in [0.3, 0.4) is 0 Å². The highest BCUT2D eigenvalue weighted by Gasteiger charge is 2.36. The summed E-state index contributed by atoms with van der Waals surface area (Å²) in [7, 11) is 2.00. The Kier molecular flexibility index (Phi) is 5.92. The predicted octanol–water partition coefficient (Wildman–Crippen LogP) is 4.46. The van der Waals surface area contributed by atoms with Crippen LogP contribution >= 0.6 is 0 Å². The molecule has 2 heterocycles. The van der Waals surface area contributed by atoms with Gasteiger partial charge in [0.1, 0.15) is 5.82 Å². The van der Waals surface area contributed by atoms with Gasteiger partial charge in [0.05, 0.1) is 34.6 Å². The molecule has 1 atom stereocenters. The van der Waals surface area contributed by atoms with Crippen LogP contribution in [0.25, 0.3) is 10.9 Å². The van der Waals surface area contributed by atoms with E-state index < -0.39 is 29.2 Å². The van der Waals surface area contributed by atoms with Gasteiger partial charge in [0, 0.05) is 29.7 Å². The maximum Gasteiger partial charge on any atom is 0.419 e. The number of anilines is 2. The van der Waals surface area contributed by atoms with Gasteiger partial charge in [-0.25, -0.2) is 4.39 Å². The van der Waals surface area contributed by atoms with Crippen molar-refractivity contribution in [2.45, 2.75) is 37.6 Å². The molecule has 0 saturated carbocycles. The van der Waals surface area contributed by atoms with Crippen molar-refractivity contribution in [3.05, 3.63) is 59.0 Å². The molecule has 3 aromatic rings. The Balaban J connectivity index is 1.70. The van der Waals surface area contributed by atoms with Crippen LogP contribution in [0.15, 0.2) is 36.5 Å². The molecule has 4 rings (SSSR count). The van der Waals surface area contributed by atoms with Crippen molar-refractivity contribution >= 4 is 22.3 Å². The second-order valence-electron chi connectivity index (χ2n) is 8.66. The highest BCUT2D eigenvalue weighted by molar-refractivity contribution is 5.91. The van der Waals surface area contributed by atoms with Gasteiger partial charge in [0.2, 0.25) is 0 Å². The van der Waals surface area contributed by atoms with Crippen molar-refractivity contribution in [1.29, 1.82) is 0 Å². The van der Waals surface area contributed by atoms with E-state index in [4.69, 9.17) is 5.73 Å². The van der Waals surface area contributed by atoms with E-state index in [1.807, 2.05) is 13.1 Å². The number of hydrogen-bond acceptors (Lipinski definition) is 6. The topological polar surface area (TPSA) is 87.3 Å². The zero-order valence-corrected chi connectivity index (χ0v) is 18.2. The molecule has 33 heavy (non-hydrogen) atoms. The molecule has 2 aromatic carbocycles. The third-order valence-electron chi connectivity index (χ3n) is 6.26. The number of nitrogens with two attached hydrogens (primary N) is 1. The van der Waals surface area contributed by atoms with Crippen molar-refractivity contribution in [3.8, 4) is 0 Å². The van der Waals surface area contributed by atoms with E-state index >= 15 is 0 Å².